The molecule has 1 saturated carbocycles. The third kappa shape index (κ3) is 4.61. The standard InChI is InChI=1S/C24H34N4O3/c1-18-9-5-6-12-24(18)22(30)28(23(31)26-24)17-21(29)25-15-19-10-3-4-11-20(19)16-27-13-7-2-8-14-27/h3-4,10-11,18H,2,5-9,12-17H2,1H3,(H,25,29)(H,26,31). The molecule has 3 fully saturated rings. The minimum atomic E-state index is -0.823. The number of carbonyl (C=O) groups is 3. The van der Waals surface area contributed by atoms with Crippen LogP contribution in [0.15, 0.2) is 24.3 Å². The topological polar surface area (TPSA) is 81.8 Å². The average molecular weight is 427 g/mol. The molecule has 2 N–H and O–H groups in total. The lowest BCUT2D eigenvalue weighted by atomic mass is 9.73. The number of hydrogen-bond acceptors (Lipinski definition) is 4. The summed E-state index contributed by atoms with van der Waals surface area (Å²) in [5.41, 5.74) is 1.47. The van der Waals surface area contributed by atoms with Crippen LogP contribution in [-0.4, -0.2) is 52.8 Å². The van der Waals surface area contributed by atoms with Gasteiger partial charge in [-0.25, -0.2) is 4.79 Å². The van der Waals surface area contributed by atoms with Crippen LogP contribution < -0.4 is 10.6 Å². The molecule has 1 aromatic rings. The minimum absolute atomic E-state index is 0.0902. The quantitative estimate of drug-likeness (QED) is 0.686. The molecule has 7 heteroatoms. The molecule has 2 atom stereocenters. The Kier molecular flexibility index (Phi) is 6.60. The van der Waals surface area contributed by atoms with Gasteiger partial charge in [-0.3, -0.25) is 19.4 Å². The molecule has 3 aliphatic rings. The van der Waals surface area contributed by atoms with Crippen molar-refractivity contribution in [2.24, 2.45) is 5.92 Å². The zero-order chi connectivity index (χ0) is 21.8. The molecule has 1 spiro atoms. The van der Waals surface area contributed by atoms with Crippen LogP contribution in [0.3, 0.4) is 0 Å². The van der Waals surface area contributed by atoms with Crippen molar-refractivity contribution in [1.29, 1.82) is 0 Å². The molecular weight excluding hydrogens is 392 g/mol. The van der Waals surface area contributed by atoms with Gasteiger partial charge in [0, 0.05) is 13.1 Å². The monoisotopic (exact) mass is 426 g/mol. The van der Waals surface area contributed by atoms with Gasteiger partial charge in [0.15, 0.2) is 0 Å². The molecule has 2 unspecified atom stereocenters. The lowest BCUT2D eigenvalue weighted by Gasteiger charge is -2.36. The number of nitrogens with zero attached hydrogens (tertiary/aromatic N) is 2. The van der Waals surface area contributed by atoms with Crippen molar-refractivity contribution >= 4 is 17.8 Å². The Morgan fingerprint density at radius 1 is 1.10 bits per heavy atom. The summed E-state index contributed by atoms with van der Waals surface area (Å²) in [5, 5.41) is 5.82. The van der Waals surface area contributed by atoms with E-state index in [1.54, 1.807) is 0 Å². The van der Waals surface area contributed by atoms with Gasteiger partial charge in [-0.05, 0) is 55.8 Å². The Labute approximate surface area is 184 Å². The van der Waals surface area contributed by atoms with Gasteiger partial charge in [-0.1, -0.05) is 50.5 Å². The maximum absolute atomic E-state index is 13.0. The Hall–Kier alpha value is -2.41. The van der Waals surface area contributed by atoms with Gasteiger partial charge in [-0.2, -0.15) is 0 Å². The predicted octanol–water partition coefficient (Wildman–Crippen LogP) is 2.79. The lowest BCUT2D eigenvalue weighted by molar-refractivity contribution is -0.137. The Morgan fingerprint density at radius 3 is 2.58 bits per heavy atom. The van der Waals surface area contributed by atoms with E-state index in [0.717, 1.165) is 49.4 Å². The van der Waals surface area contributed by atoms with Gasteiger partial charge in [0.25, 0.3) is 5.91 Å². The van der Waals surface area contributed by atoms with Crippen molar-refractivity contribution in [3.05, 3.63) is 35.4 Å². The van der Waals surface area contributed by atoms with E-state index in [2.05, 4.69) is 21.6 Å². The molecule has 2 aliphatic heterocycles. The van der Waals surface area contributed by atoms with Crippen LogP contribution in [0.1, 0.15) is 63.0 Å². The van der Waals surface area contributed by atoms with Crippen LogP contribution in [0.25, 0.3) is 0 Å². The molecule has 31 heavy (non-hydrogen) atoms. The fourth-order valence-corrected chi connectivity index (χ4v) is 5.27. The summed E-state index contributed by atoms with van der Waals surface area (Å²) < 4.78 is 0. The lowest BCUT2D eigenvalue weighted by Crippen LogP contribution is -2.54. The van der Waals surface area contributed by atoms with E-state index in [4.69, 9.17) is 0 Å². The smallest absolute Gasteiger partial charge is 0.325 e. The first-order valence-corrected chi connectivity index (χ1v) is 11.7. The summed E-state index contributed by atoms with van der Waals surface area (Å²) >= 11 is 0. The second-order valence-electron chi connectivity index (χ2n) is 9.32. The third-order valence-electron chi connectivity index (χ3n) is 7.24. The molecule has 7 nitrogen and oxygen atoms in total. The summed E-state index contributed by atoms with van der Waals surface area (Å²) in [6, 6.07) is 7.71. The minimum Gasteiger partial charge on any atom is -0.350 e. The first kappa shape index (κ1) is 21.8. The highest BCUT2D eigenvalue weighted by Crippen LogP contribution is 2.38. The Morgan fingerprint density at radius 2 is 1.84 bits per heavy atom. The van der Waals surface area contributed by atoms with Gasteiger partial charge in [0.2, 0.25) is 5.91 Å². The Bertz CT molecular complexity index is 836. The molecule has 0 bridgehead atoms. The molecule has 2 saturated heterocycles. The van der Waals surface area contributed by atoms with E-state index >= 15 is 0 Å². The number of piperidine rings is 1. The molecule has 0 aromatic heterocycles. The second-order valence-corrected chi connectivity index (χ2v) is 9.32. The van der Waals surface area contributed by atoms with E-state index < -0.39 is 11.6 Å². The normalized spacial score (nSPS) is 26.9. The van der Waals surface area contributed by atoms with E-state index in [9.17, 15) is 14.4 Å². The number of urea groups is 1. The van der Waals surface area contributed by atoms with Gasteiger partial charge in [0.05, 0.1) is 0 Å². The first-order chi connectivity index (χ1) is 15.0. The largest absolute Gasteiger partial charge is 0.350 e. The Balaban J connectivity index is 1.34. The van der Waals surface area contributed by atoms with Crippen molar-refractivity contribution in [2.45, 2.75) is 70.5 Å². The summed E-state index contributed by atoms with van der Waals surface area (Å²) in [7, 11) is 0. The van der Waals surface area contributed by atoms with Crippen LogP contribution in [0.5, 0.6) is 0 Å². The van der Waals surface area contributed by atoms with Crippen LogP contribution in [0, 0.1) is 5.92 Å². The number of rotatable bonds is 6. The summed E-state index contributed by atoms with van der Waals surface area (Å²) in [6.07, 6.45) is 7.35. The highest BCUT2D eigenvalue weighted by atomic mass is 16.2. The molecule has 2 heterocycles. The molecule has 1 aliphatic carbocycles. The van der Waals surface area contributed by atoms with Crippen LogP contribution in [0.2, 0.25) is 0 Å². The van der Waals surface area contributed by atoms with Crippen molar-refractivity contribution in [3.8, 4) is 0 Å². The molecule has 0 radical (unpaired) electrons. The number of nitrogens with one attached hydrogen (secondary N) is 2. The van der Waals surface area contributed by atoms with E-state index in [-0.39, 0.29) is 24.3 Å². The maximum atomic E-state index is 13.0. The van der Waals surface area contributed by atoms with Gasteiger partial charge >= 0.3 is 6.03 Å². The van der Waals surface area contributed by atoms with Crippen molar-refractivity contribution < 1.29 is 14.4 Å². The summed E-state index contributed by atoms with van der Waals surface area (Å²) in [4.78, 5) is 41.7. The highest BCUT2D eigenvalue weighted by Gasteiger charge is 2.55. The van der Waals surface area contributed by atoms with Gasteiger partial charge in [0.1, 0.15) is 12.1 Å². The molecule has 4 rings (SSSR count). The molecule has 1 aromatic carbocycles. The summed E-state index contributed by atoms with van der Waals surface area (Å²) in [5.74, 6) is -0.463. The van der Waals surface area contributed by atoms with Crippen LogP contribution in [-0.2, 0) is 22.7 Å². The van der Waals surface area contributed by atoms with Crippen molar-refractivity contribution in [2.75, 3.05) is 19.6 Å². The van der Waals surface area contributed by atoms with E-state index in [0.29, 0.717) is 13.0 Å². The number of likely N-dealkylation sites (tertiary alicyclic amines) is 1. The van der Waals surface area contributed by atoms with Gasteiger partial charge in [-0.15, -0.1) is 0 Å². The van der Waals surface area contributed by atoms with Crippen LogP contribution >= 0.6 is 0 Å². The number of amides is 4. The first-order valence-electron chi connectivity index (χ1n) is 11.7. The average Bonchev–Trinajstić information content (AvgIpc) is 3.01. The zero-order valence-electron chi connectivity index (χ0n) is 18.5. The van der Waals surface area contributed by atoms with E-state index in [1.807, 2.05) is 25.1 Å². The highest BCUT2D eigenvalue weighted by molar-refractivity contribution is 6.09. The molecular formula is C24H34N4O3. The number of hydrogen-bond donors (Lipinski definition) is 2. The third-order valence-corrected chi connectivity index (χ3v) is 7.24. The predicted molar refractivity (Wildman–Crippen MR) is 118 cm³/mol. The number of carbonyl (C=O) groups excluding carboxylic acids is 3. The number of imide groups is 1. The van der Waals surface area contributed by atoms with Crippen LogP contribution in [0.4, 0.5) is 4.79 Å². The van der Waals surface area contributed by atoms with Crippen molar-refractivity contribution in [1.82, 2.24) is 20.4 Å². The zero-order valence-corrected chi connectivity index (χ0v) is 18.5. The molecule has 168 valence electrons. The second kappa shape index (κ2) is 9.39. The maximum Gasteiger partial charge on any atom is 0.325 e. The fourth-order valence-electron chi connectivity index (χ4n) is 5.27. The fraction of sp³-hybridized carbons (Fsp3) is 0.625. The van der Waals surface area contributed by atoms with Crippen molar-refractivity contribution in [3.63, 3.8) is 0 Å². The summed E-state index contributed by atoms with van der Waals surface area (Å²) in [6.45, 7) is 5.31. The van der Waals surface area contributed by atoms with Gasteiger partial charge < -0.3 is 10.6 Å². The molecule has 4 amide bonds. The van der Waals surface area contributed by atoms with E-state index in [1.165, 1.54) is 24.8 Å². The number of benzene rings is 1. The SMILES string of the molecule is CC1CCCCC12NC(=O)N(CC(=O)NCc1ccccc1CN1CCCCC1)C2=O.